The Morgan fingerprint density at radius 1 is 1.56 bits per heavy atom. The lowest BCUT2D eigenvalue weighted by molar-refractivity contribution is 0.0931. The van der Waals surface area contributed by atoms with E-state index in [4.69, 9.17) is 16.7 Å². The van der Waals surface area contributed by atoms with Crippen molar-refractivity contribution in [2.45, 2.75) is 25.8 Å². The van der Waals surface area contributed by atoms with Gasteiger partial charge in [0.15, 0.2) is 0 Å². The zero-order valence-electron chi connectivity index (χ0n) is 8.98. The highest BCUT2D eigenvalue weighted by atomic mass is 35.5. The standard InChI is InChI=1S/C10H14ClN3O2/c1-7(3-2-4-15)14-10(16)8-5-13-9(11)6-12-8/h5-7,15H,2-4H2,1H3,(H,14,16). The third kappa shape index (κ3) is 4.12. The molecule has 0 aromatic carbocycles. The molecule has 1 aromatic rings. The van der Waals surface area contributed by atoms with E-state index in [1.165, 1.54) is 12.4 Å². The Bertz CT molecular complexity index is 342. The van der Waals surface area contributed by atoms with Crippen LogP contribution in [0.5, 0.6) is 0 Å². The average molecular weight is 244 g/mol. The molecule has 1 unspecified atom stereocenters. The van der Waals surface area contributed by atoms with Gasteiger partial charge >= 0.3 is 0 Å². The third-order valence-corrected chi connectivity index (χ3v) is 2.22. The van der Waals surface area contributed by atoms with Gasteiger partial charge in [-0.15, -0.1) is 0 Å². The topological polar surface area (TPSA) is 75.1 Å². The van der Waals surface area contributed by atoms with Crippen molar-refractivity contribution >= 4 is 17.5 Å². The molecule has 0 aliphatic carbocycles. The summed E-state index contributed by atoms with van der Waals surface area (Å²) in [7, 11) is 0. The van der Waals surface area contributed by atoms with Crippen molar-refractivity contribution < 1.29 is 9.90 Å². The van der Waals surface area contributed by atoms with E-state index in [1.54, 1.807) is 0 Å². The fraction of sp³-hybridized carbons (Fsp3) is 0.500. The lowest BCUT2D eigenvalue weighted by atomic mass is 10.2. The minimum Gasteiger partial charge on any atom is -0.396 e. The van der Waals surface area contributed by atoms with Gasteiger partial charge in [-0.3, -0.25) is 4.79 Å². The van der Waals surface area contributed by atoms with E-state index in [1.807, 2.05) is 6.92 Å². The van der Waals surface area contributed by atoms with Gasteiger partial charge in [0.2, 0.25) is 0 Å². The predicted octanol–water partition coefficient (Wildman–Crippen LogP) is 1.02. The second kappa shape index (κ2) is 6.40. The van der Waals surface area contributed by atoms with Gasteiger partial charge in [0.25, 0.3) is 5.91 Å². The van der Waals surface area contributed by atoms with Crippen LogP contribution in [0.25, 0.3) is 0 Å². The van der Waals surface area contributed by atoms with Crippen molar-refractivity contribution in [3.8, 4) is 0 Å². The second-order valence-corrected chi connectivity index (χ2v) is 3.85. The van der Waals surface area contributed by atoms with Crippen molar-refractivity contribution in [1.82, 2.24) is 15.3 Å². The molecule has 0 spiro atoms. The molecule has 5 nitrogen and oxygen atoms in total. The van der Waals surface area contributed by atoms with E-state index < -0.39 is 0 Å². The van der Waals surface area contributed by atoms with E-state index in [0.717, 1.165) is 6.42 Å². The van der Waals surface area contributed by atoms with Crippen LogP contribution >= 0.6 is 11.6 Å². The molecule has 1 aromatic heterocycles. The summed E-state index contributed by atoms with van der Waals surface area (Å²) in [5.74, 6) is -0.283. The number of carbonyl (C=O) groups is 1. The number of carbonyl (C=O) groups excluding carboxylic acids is 1. The van der Waals surface area contributed by atoms with Crippen LogP contribution in [0.15, 0.2) is 12.4 Å². The average Bonchev–Trinajstić information content (AvgIpc) is 2.27. The van der Waals surface area contributed by atoms with Gasteiger partial charge in [0.1, 0.15) is 10.8 Å². The van der Waals surface area contributed by atoms with E-state index in [9.17, 15) is 4.79 Å². The maximum Gasteiger partial charge on any atom is 0.271 e. The molecule has 0 aliphatic heterocycles. The van der Waals surface area contributed by atoms with Gasteiger partial charge in [-0.05, 0) is 19.8 Å². The lowest BCUT2D eigenvalue weighted by Gasteiger charge is -2.12. The van der Waals surface area contributed by atoms with E-state index >= 15 is 0 Å². The summed E-state index contributed by atoms with van der Waals surface area (Å²) in [6.45, 7) is 2.00. The number of nitrogens with one attached hydrogen (secondary N) is 1. The van der Waals surface area contributed by atoms with Gasteiger partial charge in [-0.25, -0.2) is 9.97 Å². The third-order valence-electron chi connectivity index (χ3n) is 2.03. The molecule has 1 rings (SSSR count). The SMILES string of the molecule is CC(CCCO)NC(=O)c1cnc(Cl)cn1. The molecule has 0 saturated carbocycles. The summed E-state index contributed by atoms with van der Waals surface area (Å²) in [6, 6.07) is -0.00266. The Hall–Kier alpha value is -1.20. The molecule has 88 valence electrons. The molecule has 16 heavy (non-hydrogen) atoms. The molecule has 2 N–H and O–H groups in total. The highest BCUT2D eigenvalue weighted by Crippen LogP contribution is 2.02. The van der Waals surface area contributed by atoms with Crippen LogP contribution in [0.1, 0.15) is 30.3 Å². The van der Waals surface area contributed by atoms with Crippen molar-refractivity contribution in [2.24, 2.45) is 0 Å². The number of halogens is 1. The zero-order valence-corrected chi connectivity index (χ0v) is 9.74. The molecule has 1 heterocycles. The van der Waals surface area contributed by atoms with Crippen LogP contribution in [0.3, 0.4) is 0 Å². The first-order chi connectivity index (χ1) is 7.63. The summed E-state index contributed by atoms with van der Waals surface area (Å²) in [5.41, 5.74) is 0.236. The van der Waals surface area contributed by atoms with Crippen molar-refractivity contribution in [2.75, 3.05) is 6.61 Å². The molecule has 0 bridgehead atoms. The number of rotatable bonds is 5. The normalized spacial score (nSPS) is 12.2. The molecular weight excluding hydrogens is 230 g/mol. The van der Waals surface area contributed by atoms with Crippen molar-refractivity contribution in [3.05, 3.63) is 23.2 Å². The number of hydrogen-bond acceptors (Lipinski definition) is 4. The van der Waals surface area contributed by atoms with Crippen LogP contribution < -0.4 is 5.32 Å². The Morgan fingerprint density at radius 3 is 2.88 bits per heavy atom. The fourth-order valence-corrected chi connectivity index (χ4v) is 1.29. The van der Waals surface area contributed by atoms with Crippen LogP contribution in [-0.4, -0.2) is 33.6 Å². The second-order valence-electron chi connectivity index (χ2n) is 3.46. The number of aliphatic hydroxyl groups is 1. The monoisotopic (exact) mass is 243 g/mol. The van der Waals surface area contributed by atoms with Gasteiger partial charge in [-0.1, -0.05) is 11.6 Å². The Balaban J connectivity index is 2.48. The summed E-state index contributed by atoms with van der Waals surface area (Å²) >= 11 is 5.56. The van der Waals surface area contributed by atoms with Crippen LogP contribution in [0.2, 0.25) is 5.15 Å². The molecule has 0 radical (unpaired) electrons. The minimum absolute atomic E-state index is 0.00266. The lowest BCUT2D eigenvalue weighted by Crippen LogP contribution is -2.33. The van der Waals surface area contributed by atoms with Crippen LogP contribution in [-0.2, 0) is 0 Å². The summed E-state index contributed by atoms with van der Waals surface area (Å²) < 4.78 is 0. The van der Waals surface area contributed by atoms with E-state index in [0.29, 0.717) is 6.42 Å². The van der Waals surface area contributed by atoms with Gasteiger partial charge < -0.3 is 10.4 Å². The number of aromatic nitrogens is 2. The van der Waals surface area contributed by atoms with Crippen LogP contribution in [0.4, 0.5) is 0 Å². The van der Waals surface area contributed by atoms with Gasteiger partial charge in [0, 0.05) is 12.6 Å². The molecule has 1 amide bonds. The molecule has 0 saturated heterocycles. The van der Waals surface area contributed by atoms with E-state index in [2.05, 4.69) is 15.3 Å². The molecule has 0 fully saturated rings. The Kier molecular flexibility index (Phi) is 5.14. The fourth-order valence-electron chi connectivity index (χ4n) is 1.20. The summed E-state index contributed by atoms with van der Waals surface area (Å²) in [6.07, 6.45) is 4.04. The smallest absolute Gasteiger partial charge is 0.271 e. The number of nitrogens with zero attached hydrogens (tertiary/aromatic N) is 2. The first kappa shape index (κ1) is 12.9. The number of aliphatic hydroxyl groups excluding tert-OH is 1. The first-order valence-corrected chi connectivity index (χ1v) is 5.40. The number of hydrogen-bond donors (Lipinski definition) is 2. The molecule has 6 heteroatoms. The van der Waals surface area contributed by atoms with E-state index in [-0.39, 0.29) is 29.4 Å². The molecule has 0 aliphatic rings. The quantitative estimate of drug-likeness (QED) is 0.810. The minimum atomic E-state index is -0.283. The number of amides is 1. The molecule has 1 atom stereocenters. The molecular formula is C10H14ClN3O2. The Morgan fingerprint density at radius 2 is 2.31 bits per heavy atom. The first-order valence-electron chi connectivity index (χ1n) is 5.02. The van der Waals surface area contributed by atoms with Gasteiger partial charge in [0.05, 0.1) is 12.4 Å². The van der Waals surface area contributed by atoms with Crippen LogP contribution in [0, 0.1) is 0 Å². The van der Waals surface area contributed by atoms with Crippen molar-refractivity contribution in [1.29, 1.82) is 0 Å². The summed E-state index contributed by atoms with van der Waals surface area (Å²) in [4.78, 5) is 19.2. The highest BCUT2D eigenvalue weighted by Gasteiger charge is 2.10. The Labute approximate surface area is 98.9 Å². The van der Waals surface area contributed by atoms with Crippen molar-refractivity contribution in [3.63, 3.8) is 0 Å². The maximum atomic E-state index is 11.6. The predicted molar refractivity (Wildman–Crippen MR) is 60.3 cm³/mol. The maximum absolute atomic E-state index is 11.6. The summed E-state index contributed by atoms with van der Waals surface area (Å²) in [5, 5.41) is 11.7. The van der Waals surface area contributed by atoms with Gasteiger partial charge in [-0.2, -0.15) is 0 Å². The highest BCUT2D eigenvalue weighted by molar-refractivity contribution is 6.29. The largest absolute Gasteiger partial charge is 0.396 e. The zero-order chi connectivity index (χ0) is 12.0.